The second-order valence-corrected chi connectivity index (χ2v) is 5.90. The van der Waals surface area contributed by atoms with Crippen molar-refractivity contribution in [1.82, 2.24) is 20.4 Å². The lowest BCUT2D eigenvalue weighted by Crippen LogP contribution is -2.45. The van der Waals surface area contributed by atoms with E-state index in [2.05, 4.69) is 36.5 Å². The van der Waals surface area contributed by atoms with Crippen LogP contribution in [-0.2, 0) is 0 Å². The molecule has 0 aliphatic carbocycles. The molecule has 1 aromatic rings. The maximum atomic E-state index is 12.3. The number of hydrogen-bond donors (Lipinski definition) is 2. The number of piperidine rings is 1. The minimum absolute atomic E-state index is 0. The number of rotatable bonds is 5. The molecule has 0 aromatic carbocycles. The molecule has 21 heavy (non-hydrogen) atoms. The third-order valence-corrected chi connectivity index (χ3v) is 4.46. The van der Waals surface area contributed by atoms with Crippen molar-refractivity contribution < 1.29 is 4.79 Å². The first kappa shape index (κ1) is 18.0. The fourth-order valence-corrected chi connectivity index (χ4v) is 2.49. The summed E-state index contributed by atoms with van der Waals surface area (Å²) in [5.74, 6) is -0.0706. The van der Waals surface area contributed by atoms with E-state index < -0.39 is 0 Å². The topological polar surface area (TPSA) is 59.0 Å². The quantitative estimate of drug-likeness (QED) is 0.878. The molecule has 2 heterocycles. The van der Waals surface area contributed by atoms with Crippen LogP contribution in [0.15, 0.2) is 12.3 Å². The predicted octanol–water partition coefficient (Wildman–Crippen LogP) is 2.54. The zero-order valence-electron chi connectivity index (χ0n) is 13.2. The first-order chi connectivity index (χ1) is 9.58. The maximum Gasteiger partial charge on any atom is 0.272 e. The van der Waals surface area contributed by atoms with Crippen LogP contribution in [0.2, 0.25) is 0 Å². The van der Waals surface area contributed by atoms with E-state index in [1.807, 2.05) is 16.9 Å². The number of carbonyl (C=O) groups is 1. The Bertz CT molecular complexity index is 450. The van der Waals surface area contributed by atoms with Gasteiger partial charge in [0, 0.05) is 18.3 Å². The lowest BCUT2D eigenvalue weighted by molar-refractivity contribution is 0.0894. The molecule has 1 aliphatic heterocycles. The van der Waals surface area contributed by atoms with Crippen molar-refractivity contribution in [3.05, 3.63) is 18.0 Å². The van der Waals surface area contributed by atoms with E-state index in [0.29, 0.717) is 11.7 Å². The highest BCUT2D eigenvalue weighted by atomic mass is 35.5. The van der Waals surface area contributed by atoms with Crippen molar-refractivity contribution in [1.29, 1.82) is 0 Å². The molecule has 1 amide bonds. The molecule has 1 atom stereocenters. The van der Waals surface area contributed by atoms with Gasteiger partial charge in [0.1, 0.15) is 5.69 Å². The van der Waals surface area contributed by atoms with E-state index in [1.54, 1.807) is 0 Å². The Balaban J connectivity index is 0.00000220. The van der Waals surface area contributed by atoms with Crippen LogP contribution in [0, 0.1) is 0 Å². The Kier molecular flexibility index (Phi) is 6.68. The van der Waals surface area contributed by atoms with Crippen LogP contribution in [0.4, 0.5) is 0 Å². The third-order valence-electron chi connectivity index (χ3n) is 4.46. The molecule has 2 N–H and O–H groups in total. The fraction of sp³-hybridized carbons (Fsp3) is 0.733. The Labute approximate surface area is 133 Å². The van der Waals surface area contributed by atoms with Crippen molar-refractivity contribution >= 4 is 18.3 Å². The number of nitrogens with zero attached hydrogens (tertiary/aromatic N) is 2. The normalized spacial score (nSPS) is 18.9. The van der Waals surface area contributed by atoms with E-state index in [9.17, 15) is 4.79 Å². The van der Waals surface area contributed by atoms with Gasteiger partial charge in [0.2, 0.25) is 0 Å². The van der Waals surface area contributed by atoms with Gasteiger partial charge in [-0.1, -0.05) is 13.8 Å². The molecule has 0 radical (unpaired) electrons. The third kappa shape index (κ3) is 4.45. The summed E-state index contributed by atoms with van der Waals surface area (Å²) in [7, 11) is 0. The number of carbonyl (C=O) groups excluding carboxylic acids is 1. The first-order valence-electron chi connectivity index (χ1n) is 7.66. The monoisotopic (exact) mass is 314 g/mol. The maximum absolute atomic E-state index is 12.3. The Morgan fingerprint density at radius 2 is 2.24 bits per heavy atom. The standard InChI is InChI=1S/C15H26N4O.ClH/c1-4-15(3,5-2)17-14(20)13-8-10-19(18-13)12-7-6-9-16-11-12;/h8,10,12,16H,4-7,9,11H2,1-3H3,(H,17,20);1H. The summed E-state index contributed by atoms with van der Waals surface area (Å²) in [5.41, 5.74) is 0.372. The summed E-state index contributed by atoms with van der Waals surface area (Å²) in [6.45, 7) is 8.28. The Morgan fingerprint density at radius 3 is 2.81 bits per heavy atom. The summed E-state index contributed by atoms with van der Waals surface area (Å²) in [6.07, 6.45) is 6.04. The zero-order chi connectivity index (χ0) is 14.6. The largest absolute Gasteiger partial charge is 0.346 e. The van der Waals surface area contributed by atoms with Crippen molar-refractivity contribution in [2.45, 2.75) is 58.0 Å². The molecular weight excluding hydrogens is 288 g/mol. The van der Waals surface area contributed by atoms with Crippen molar-refractivity contribution in [2.24, 2.45) is 0 Å². The molecule has 2 rings (SSSR count). The van der Waals surface area contributed by atoms with Gasteiger partial charge in [-0.15, -0.1) is 12.4 Å². The van der Waals surface area contributed by atoms with Gasteiger partial charge >= 0.3 is 0 Å². The molecule has 120 valence electrons. The molecule has 1 saturated heterocycles. The van der Waals surface area contributed by atoms with E-state index >= 15 is 0 Å². The van der Waals surface area contributed by atoms with Crippen LogP contribution < -0.4 is 10.6 Å². The van der Waals surface area contributed by atoms with E-state index in [0.717, 1.165) is 38.8 Å². The summed E-state index contributed by atoms with van der Waals surface area (Å²) >= 11 is 0. The molecule has 6 heteroatoms. The molecule has 0 bridgehead atoms. The van der Waals surface area contributed by atoms with Crippen LogP contribution in [0.3, 0.4) is 0 Å². The summed E-state index contributed by atoms with van der Waals surface area (Å²) in [6, 6.07) is 2.18. The summed E-state index contributed by atoms with van der Waals surface area (Å²) in [5, 5.41) is 10.9. The number of aromatic nitrogens is 2. The number of amides is 1. The van der Waals surface area contributed by atoms with Gasteiger partial charge < -0.3 is 10.6 Å². The Morgan fingerprint density at radius 1 is 1.52 bits per heavy atom. The van der Waals surface area contributed by atoms with Gasteiger partial charge in [-0.2, -0.15) is 5.10 Å². The van der Waals surface area contributed by atoms with Gasteiger partial charge in [0.05, 0.1) is 6.04 Å². The number of halogens is 1. The highest BCUT2D eigenvalue weighted by molar-refractivity contribution is 5.92. The lowest BCUT2D eigenvalue weighted by Gasteiger charge is -2.27. The minimum Gasteiger partial charge on any atom is -0.346 e. The average Bonchev–Trinajstić information content (AvgIpc) is 2.98. The minimum atomic E-state index is -0.146. The van der Waals surface area contributed by atoms with Gasteiger partial charge in [0.15, 0.2) is 0 Å². The first-order valence-corrected chi connectivity index (χ1v) is 7.66. The van der Waals surface area contributed by atoms with Crippen molar-refractivity contribution in [3.63, 3.8) is 0 Å². The smallest absolute Gasteiger partial charge is 0.272 e. The molecule has 0 spiro atoms. The second kappa shape index (κ2) is 7.80. The average molecular weight is 315 g/mol. The molecular formula is C15H27ClN4O. The van der Waals surface area contributed by atoms with Gasteiger partial charge in [-0.3, -0.25) is 9.48 Å². The molecule has 1 aromatic heterocycles. The van der Waals surface area contributed by atoms with E-state index in [1.165, 1.54) is 0 Å². The summed E-state index contributed by atoms with van der Waals surface area (Å²) in [4.78, 5) is 12.3. The highest BCUT2D eigenvalue weighted by Crippen LogP contribution is 2.17. The van der Waals surface area contributed by atoms with E-state index in [4.69, 9.17) is 0 Å². The van der Waals surface area contributed by atoms with Crippen molar-refractivity contribution in [2.75, 3.05) is 13.1 Å². The van der Waals surface area contributed by atoms with Crippen LogP contribution in [0.25, 0.3) is 0 Å². The van der Waals surface area contributed by atoms with Gasteiger partial charge in [0.25, 0.3) is 5.91 Å². The lowest BCUT2D eigenvalue weighted by atomic mass is 9.95. The molecule has 1 fully saturated rings. The van der Waals surface area contributed by atoms with Gasteiger partial charge in [-0.05, 0) is 45.2 Å². The van der Waals surface area contributed by atoms with Crippen LogP contribution in [0.5, 0.6) is 0 Å². The van der Waals surface area contributed by atoms with Crippen LogP contribution in [0.1, 0.15) is 63.0 Å². The molecule has 1 aliphatic rings. The molecule has 0 saturated carbocycles. The Hall–Kier alpha value is -1.07. The zero-order valence-corrected chi connectivity index (χ0v) is 14.0. The highest BCUT2D eigenvalue weighted by Gasteiger charge is 2.24. The van der Waals surface area contributed by atoms with Crippen molar-refractivity contribution in [3.8, 4) is 0 Å². The second-order valence-electron chi connectivity index (χ2n) is 5.90. The predicted molar refractivity (Wildman–Crippen MR) is 87.1 cm³/mol. The SMILES string of the molecule is CCC(C)(CC)NC(=O)c1ccn(C2CCCNC2)n1.Cl. The number of hydrogen-bond acceptors (Lipinski definition) is 3. The number of nitrogens with one attached hydrogen (secondary N) is 2. The summed E-state index contributed by atoms with van der Waals surface area (Å²) < 4.78 is 1.93. The van der Waals surface area contributed by atoms with E-state index in [-0.39, 0.29) is 23.9 Å². The molecule has 5 nitrogen and oxygen atoms in total. The van der Waals surface area contributed by atoms with Crippen LogP contribution in [-0.4, -0.2) is 34.3 Å². The molecule has 1 unspecified atom stereocenters. The fourth-order valence-electron chi connectivity index (χ4n) is 2.49. The van der Waals surface area contributed by atoms with Crippen LogP contribution >= 0.6 is 12.4 Å². The van der Waals surface area contributed by atoms with Gasteiger partial charge in [-0.25, -0.2) is 0 Å².